The Morgan fingerprint density at radius 2 is 2.14 bits per heavy atom. The molecular weight excluding hydrogens is 285 g/mol. The van der Waals surface area contributed by atoms with Crippen LogP contribution in [0.5, 0.6) is 0 Å². The molecule has 0 aliphatic carbocycles. The van der Waals surface area contributed by atoms with Crippen molar-refractivity contribution in [3.63, 3.8) is 0 Å². The number of esters is 1. The Morgan fingerprint density at radius 3 is 2.77 bits per heavy atom. The van der Waals surface area contributed by atoms with Crippen LogP contribution in [0, 0.1) is 12.3 Å². The predicted octanol–water partition coefficient (Wildman–Crippen LogP) is 2.36. The summed E-state index contributed by atoms with van der Waals surface area (Å²) in [6.45, 7) is 1.15. The van der Waals surface area contributed by atoms with Gasteiger partial charge in [0.1, 0.15) is 6.10 Å². The van der Waals surface area contributed by atoms with Gasteiger partial charge in [0.15, 0.2) is 5.67 Å². The van der Waals surface area contributed by atoms with Crippen molar-refractivity contribution in [2.75, 3.05) is 0 Å². The summed E-state index contributed by atoms with van der Waals surface area (Å²) in [5.41, 5.74) is 4.06. The zero-order chi connectivity index (χ0) is 16.2. The minimum atomic E-state index is -2.08. The maximum atomic E-state index is 13.8. The summed E-state index contributed by atoms with van der Waals surface area (Å²) in [6.07, 6.45) is 3.15. The Hall–Kier alpha value is -1.91. The van der Waals surface area contributed by atoms with Crippen molar-refractivity contribution in [2.24, 2.45) is 11.7 Å². The van der Waals surface area contributed by atoms with E-state index in [1.807, 2.05) is 36.8 Å². The number of carbonyl (C=O) groups is 2. The molecule has 4 nitrogen and oxygen atoms in total. The summed E-state index contributed by atoms with van der Waals surface area (Å²) >= 11 is 0. The van der Waals surface area contributed by atoms with Crippen molar-refractivity contribution in [3.8, 4) is 0 Å². The van der Waals surface area contributed by atoms with Gasteiger partial charge < -0.3 is 10.5 Å². The molecule has 2 rings (SSSR count). The Kier molecular flexibility index (Phi) is 5.16. The molecule has 0 aromatic heterocycles. The van der Waals surface area contributed by atoms with Crippen LogP contribution in [0.25, 0.3) is 0 Å². The fourth-order valence-electron chi connectivity index (χ4n) is 2.50. The van der Waals surface area contributed by atoms with E-state index in [0.29, 0.717) is 12.8 Å². The van der Waals surface area contributed by atoms with Crippen LogP contribution < -0.4 is 5.73 Å². The summed E-state index contributed by atoms with van der Waals surface area (Å²) in [7, 11) is 0. The lowest BCUT2D eigenvalue weighted by atomic mass is 9.91. The van der Waals surface area contributed by atoms with Gasteiger partial charge in [0, 0.05) is 6.42 Å². The molecular formula is C17H21FNO3. The molecule has 1 saturated heterocycles. The number of amides is 1. The summed E-state index contributed by atoms with van der Waals surface area (Å²) in [5, 5.41) is 0. The van der Waals surface area contributed by atoms with Crippen LogP contribution in [0.2, 0.25) is 0 Å². The summed E-state index contributed by atoms with van der Waals surface area (Å²) in [6, 6.07) is 9.87. The smallest absolute Gasteiger partial charge is 0.309 e. The Labute approximate surface area is 129 Å². The number of primary amides is 1. The first-order valence-electron chi connectivity index (χ1n) is 7.45. The molecule has 0 bridgehead atoms. The lowest BCUT2D eigenvalue weighted by Gasteiger charge is -2.16. The standard InChI is InChI=1S/C17H21FNO3/c1-17(18,16(19)21)10-9-13-11-14(22-15(13)20)8-7-12-5-3-2-4-6-12/h2-6,8,13-14H,7,9-11H2,1H3,(H2,19,21)/t13-,14+,17?/m1/s1. The minimum absolute atomic E-state index is 0.0620. The van der Waals surface area contributed by atoms with E-state index in [1.165, 1.54) is 0 Å². The zero-order valence-corrected chi connectivity index (χ0v) is 12.6. The van der Waals surface area contributed by atoms with E-state index < -0.39 is 11.6 Å². The highest BCUT2D eigenvalue weighted by Crippen LogP contribution is 2.30. The Bertz CT molecular complexity index is 530. The van der Waals surface area contributed by atoms with E-state index in [4.69, 9.17) is 10.5 Å². The number of hydrogen-bond acceptors (Lipinski definition) is 3. The average Bonchev–Trinajstić information content (AvgIpc) is 2.84. The van der Waals surface area contributed by atoms with E-state index >= 15 is 0 Å². The highest BCUT2D eigenvalue weighted by molar-refractivity contribution is 5.83. The quantitative estimate of drug-likeness (QED) is 0.786. The van der Waals surface area contributed by atoms with Crippen LogP contribution in [0.4, 0.5) is 4.39 Å². The lowest BCUT2D eigenvalue weighted by Crippen LogP contribution is -2.37. The lowest BCUT2D eigenvalue weighted by molar-refractivity contribution is -0.144. The van der Waals surface area contributed by atoms with Gasteiger partial charge in [-0.1, -0.05) is 30.3 Å². The molecule has 1 aromatic rings. The maximum Gasteiger partial charge on any atom is 0.309 e. The van der Waals surface area contributed by atoms with Crippen LogP contribution in [-0.4, -0.2) is 23.6 Å². The van der Waals surface area contributed by atoms with Crippen molar-refractivity contribution in [2.45, 2.75) is 44.4 Å². The molecule has 119 valence electrons. The molecule has 1 aromatic carbocycles. The molecule has 0 saturated carbocycles. The SMILES string of the molecule is CC(F)(CC[C@@H]1C[C@H]([CH]Cc2ccccc2)OC1=O)C(N)=O. The van der Waals surface area contributed by atoms with Crippen molar-refractivity contribution < 1.29 is 18.7 Å². The first-order valence-corrected chi connectivity index (χ1v) is 7.45. The highest BCUT2D eigenvalue weighted by atomic mass is 19.1. The molecule has 1 amide bonds. The number of cyclic esters (lactones) is 1. The highest BCUT2D eigenvalue weighted by Gasteiger charge is 2.38. The van der Waals surface area contributed by atoms with Crippen molar-refractivity contribution in [1.29, 1.82) is 0 Å². The van der Waals surface area contributed by atoms with Crippen molar-refractivity contribution in [1.82, 2.24) is 0 Å². The van der Waals surface area contributed by atoms with Crippen LogP contribution in [0.1, 0.15) is 31.7 Å². The monoisotopic (exact) mass is 306 g/mol. The minimum Gasteiger partial charge on any atom is -0.462 e. The zero-order valence-electron chi connectivity index (χ0n) is 12.6. The van der Waals surface area contributed by atoms with Crippen LogP contribution in [0.3, 0.4) is 0 Å². The number of ether oxygens (including phenoxy) is 1. The number of halogens is 1. The molecule has 1 radical (unpaired) electrons. The van der Waals surface area contributed by atoms with Gasteiger partial charge in [-0.15, -0.1) is 0 Å². The van der Waals surface area contributed by atoms with E-state index in [9.17, 15) is 14.0 Å². The summed E-state index contributed by atoms with van der Waals surface area (Å²) in [4.78, 5) is 22.8. The van der Waals surface area contributed by atoms with E-state index in [1.54, 1.807) is 0 Å². The van der Waals surface area contributed by atoms with E-state index in [0.717, 1.165) is 12.5 Å². The number of nitrogens with two attached hydrogens (primary N) is 1. The van der Waals surface area contributed by atoms with Gasteiger partial charge in [-0.3, -0.25) is 9.59 Å². The molecule has 1 aliphatic heterocycles. The molecule has 1 unspecified atom stereocenters. The molecule has 1 fully saturated rings. The van der Waals surface area contributed by atoms with Gasteiger partial charge in [-0.2, -0.15) is 0 Å². The predicted molar refractivity (Wildman–Crippen MR) is 80.4 cm³/mol. The topological polar surface area (TPSA) is 69.4 Å². The van der Waals surface area contributed by atoms with Gasteiger partial charge >= 0.3 is 5.97 Å². The molecule has 3 atom stereocenters. The second-order valence-electron chi connectivity index (χ2n) is 5.93. The average molecular weight is 306 g/mol. The van der Waals surface area contributed by atoms with E-state index in [2.05, 4.69) is 0 Å². The first kappa shape index (κ1) is 16.5. The van der Waals surface area contributed by atoms with Gasteiger partial charge in [-0.25, -0.2) is 4.39 Å². The van der Waals surface area contributed by atoms with Crippen LogP contribution >= 0.6 is 0 Å². The van der Waals surface area contributed by atoms with Gasteiger partial charge in [0.2, 0.25) is 0 Å². The molecule has 22 heavy (non-hydrogen) atoms. The second-order valence-corrected chi connectivity index (χ2v) is 5.93. The number of rotatable bonds is 7. The molecule has 5 heteroatoms. The second kappa shape index (κ2) is 6.90. The summed E-state index contributed by atoms with van der Waals surface area (Å²) < 4.78 is 19.1. The van der Waals surface area contributed by atoms with Crippen molar-refractivity contribution in [3.05, 3.63) is 42.3 Å². The largest absolute Gasteiger partial charge is 0.462 e. The molecule has 1 heterocycles. The fourth-order valence-corrected chi connectivity index (χ4v) is 2.50. The number of carbonyl (C=O) groups excluding carboxylic acids is 2. The third kappa shape index (κ3) is 4.29. The van der Waals surface area contributed by atoms with Crippen molar-refractivity contribution >= 4 is 11.9 Å². The fraction of sp³-hybridized carbons (Fsp3) is 0.471. The number of alkyl halides is 1. The summed E-state index contributed by atoms with van der Waals surface area (Å²) in [5.74, 6) is -1.69. The Morgan fingerprint density at radius 1 is 1.45 bits per heavy atom. The van der Waals surface area contributed by atoms with Gasteiger partial charge in [0.05, 0.1) is 5.92 Å². The van der Waals surface area contributed by atoms with Crippen LogP contribution in [-0.2, 0) is 20.7 Å². The third-order valence-corrected chi connectivity index (χ3v) is 4.05. The number of benzene rings is 1. The number of hydrogen-bond donors (Lipinski definition) is 1. The van der Waals surface area contributed by atoms with Gasteiger partial charge in [-0.05, 0) is 38.2 Å². The first-order chi connectivity index (χ1) is 10.4. The molecule has 1 aliphatic rings. The Balaban J connectivity index is 1.79. The normalized spacial score (nSPS) is 23.8. The molecule has 2 N–H and O–H groups in total. The van der Waals surface area contributed by atoms with Gasteiger partial charge in [0.25, 0.3) is 5.91 Å². The van der Waals surface area contributed by atoms with E-state index in [-0.39, 0.29) is 30.8 Å². The molecule has 0 spiro atoms. The maximum absolute atomic E-state index is 13.8. The van der Waals surface area contributed by atoms with Crippen LogP contribution in [0.15, 0.2) is 30.3 Å². The third-order valence-electron chi connectivity index (χ3n) is 4.05.